The number of hydrogen-bond donors (Lipinski definition) is 0. The van der Waals surface area contributed by atoms with E-state index in [1.165, 1.54) is 19.3 Å². The van der Waals surface area contributed by atoms with E-state index in [4.69, 9.17) is 0 Å². The molecule has 1 aliphatic carbocycles. The van der Waals surface area contributed by atoms with Crippen molar-refractivity contribution in [1.29, 1.82) is 0 Å². The van der Waals surface area contributed by atoms with Crippen LogP contribution in [0.25, 0.3) is 0 Å². The molecule has 2 atom stereocenters. The summed E-state index contributed by atoms with van der Waals surface area (Å²) in [4.78, 5) is 13.5. The average molecular weight is 294 g/mol. The molecule has 0 spiro atoms. The van der Waals surface area contributed by atoms with Gasteiger partial charge in [0.1, 0.15) is 0 Å². The van der Waals surface area contributed by atoms with Gasteiger partial charge in [0, 0.05) is 28.8 Å². The smallest absolute Gasteiger partial charge is 0.152 e. The van der Waals surface area contributed by atoms with Crippen LogP contribution in [-0.2, 0) is 0 Å². The summed E-state index contributed by atoms with van der Waals surface area (Å²) in [6.07, 6.45) is 5.10. The zero-order chi connectivity index (χ0) is 11.8. The molecule has 1 aliphatic heterocycles. The fourth-order valence-corrected chi connectivity index (χ4v) is 3.72. The van der Waals surface area contributed by atoms with Crippen LogP contribution < -0.4 is 4.90 Å². The second-order valence-corrected chi connectivity index (χ2v) is 6.09. The number of aldehydes is 1. The minimum Gasteiger partial charge on any atom is -0.370 e. The van der Waals surface area contributed by atoms with Crippen LogP contribution in [-0.4, -0.2) is 19.4 Å². The molecular weight excluding hydrogens is 278 g/mol. The number of nitrogens with zero attached hydrogens (tertiary/aromatic N) is 1. The minimum absolute atomic E-state index is 0.805. The molecule has 2 unspecified atom stereocenters. The number of rotatable bonds is 2. The van der Waals surface area contributed by atoms with Crippen LogP contribution in [0.15, 0.2) is 22.7 Å². The molecule has 0 aromatic heterocycles. The van der Waals surface area contributed by atoms with Crippen LogP contribution in [0, 0.1) is 11.8 Å². The first-order valence-corrected chi connectivity index (χ1v) is 7.07. The first-order chi connectivity index (χ1) is 8.28. The maximum absolute atomic E-state index is 11.1. The number of carbonyl (C=O) groups excluding carboxylic acids is 1. The highest BCUT2D eigenvalue weighted by atomic mass is 79.9. The standard InChI is InChI=1S/C14H16BrNO/c15-13-4-5-14(12(6-13)9-17)16-7-10-2-1-3-11(10)8-16/h4-6,9-11H,1-3,7-8H2. The molecular formula is C14H16BrNO. The third-order valence-electron chi connectivity index (χ3n) is 4.18. The van der Waals surface area contributed by atoms with E-state index in [2.05, 4.69) is 26.9 Å². The van der Waals surface area contributed by atoms with Gasteiger partial charge in [0.05, 0.1) is 0 Å². The quantitative estimate of drug-likeness (QED) is 0.778. The molecule has 0 amide bonds. The molecule has 1 saturated heterocycles. The van der Waals surface area contributed by atoms with Gasteiger partial charge < -0.3 is 4.90 Å². The molecule has 2 nitrogen and oxygen atoms in total. The molecule has 2 fully saturated rings. The number of carbonyl (C=O) groups is 1. The van der Waals surface area contributed by atoms with Gasteiger partial charge >= 0.3 is 0 Å². The summed E-state index contributed by atoms with van der Waals surface area (Å²) in [5, 5.41) is 0. The van der Waals surface area contributed by atoms with Gasteiger partial charge in [-0.1, -0.05) is 22.4 Å². The summed E-state index contributed by atoms with van der Waals surface area (Å²) in [5.41, 5.74) is 1.91. The topological polar surface area (TPSA) is 20.3 Å². The normalized spacial score (nSPS) is 27.2. The van der Waals surface area contributed by atoms with Gasteiger partial charge in [-0.05, 0) is 42.9 Å². The van der Waals surface area contributed by atoms with Crippen LogP contribution in [0.4, 0.5) is 5.69 Å². The second kappa shape index (κ2) is 4.45. The fraction of sp³-hybridized carbons (Fsp3) is 0.500. The van der Waals surface area contributed by atoms with Gasteiger partial charge in [-0.2, -0.15) is 0 Å². The summed E-state index contributed by atoms with van der Waals surface area (Å²) in [6, 6.07) is 6.00. The van der Waals surface area contributed by atoms with Crippen LogP contribution in [0.5, 0.6) is 0 Å². The van der Waals surface area contributed by atoms with Crippen molar-refractivity contribution in [3.05, 3.63) is 28.2 Å². The Morgan fingerprint density at radius 1 is 1.24 bits per heavy atom. The van der Waals surface area contributed by atoms with Crippen LogP contribution in [0.2, 0.25) is 0 Å². The largest absolute Gasteiger partial charge is 0.370 e. The fourth-order valence-electron chi connectivity index (χ4n) is 3.34. The van der Waals surface area contributed by atoms with E-state index in [9.17, 15) is 4.79 Å². The van der Waals surface area contributed by atoms with Gasteiger partial charge in [-0.25, -0.2) is 0 Å². The predicted octanol–water partition coefficient (Wildman–Crippen LogP) is 3.50. The third-order valence-corrected chi connectivity index (χ3v) is 4.68. The Kier molecular flexibility index (Phi) is 2.95. The Balaban J connectivity index is 1.87. The highest BCUT2D eigenvalue weighted by molar-refractivity contribution is 9.10. The summed E-state index contributed by atoms with van der Waals surface area (Å²) in [6.45, 7) is 2.26. The van der Waals surface area contributed by atoms with Crippen molar-refractivity contribution in [3.63, 3.8) is 0 Å². The Hall–Kier alpha value is -0.830. The molecule has 3 rings (SSSR count). The van der Waals surface area contributed by atoms with Crippen molar-refractivity contribution in [2.45, 2.75) is 19.3 Å². The monoisotopic (exact) mass is 293 g/mol. The van der Waals surface area contributed by atoms with Crippen LogP contribution in [0.1, 0.15) is 29.6 Å². The third kappa shape index (κ3) is 2.01. The molecule has 1 saturated carbocycles. The Bertz CT molecular complexity index is 434. The van der Waals surface area contributed by atoms with E-state index < -0.39 is 0 Å². The molecule has 90 valence electrons. The number of hydrogen-bond acceptors (Lipinski definition) is 2. The minimum atomic E-state index is 0.805. The Labute approximate surface area is 110 Å². The molecule has 1 aromatic carbocycles. The van der Waals surface area contributed by atoms with Gasteiger partial charge in [-0.15, -0.1) is 0 Å². The zero-order valence-corrected chi connectivity index (χ0v) is 11.3. The van der Waals surface area contributed by atoms with E-state index in [1.807, 2.05) is 12.1 Å². The van der Waals surface area contributed by atoms with Crippen molar-refractivity contribution >= 4 is 27.9 Å². The molecule has 1 heterocycles. The van der Waals surface area contributed by atoms with Crippen LogP contribution >= 0.6 is 15.9 Å². The van der Waals surface area contributed by atoms with Crippen molar-refractivity contribution in [3.8, 4) is 0 Å². The number of anilines is 1. The number of halogens is 1. The predicted molar refractivity (Wildman–Crippen MR) is 72.6 cm³/mol. The molecule has 2 aliphatic rings. The van der Waals surface area contributed by atoms with Gasteiger partial charge in [0.15, 0.2) is 6.29 Å². The summed E-state index contributed by atoms with van der Waals surface area (Å²) >= 11 is 3.42. The highest BCUT2D eigenvalue weighted by Gasteiger charge is 2.36. The lowest BCUT2D eigenvalue weighted by Crippen LogP contribution is -2.21. The maximum atomic E-state index is 11.1. The van der Waals surface area contributed by atoms with Crippen molar-refractivity contribution in [2.75, 3.05) is 18.0 Å². The molecule has 3 heteroatoms. The molecule has 0 bridgehead atoms. The van der Waals surface area contributed by atoms with E-state index >= 15 is 0 Å². The Morgan fingerprint density at radius 3 is 2.59 bits per heavy atom. The second-order valence-electron chi connectivity index (χ2n) is 5.18. The summed E-state index contributed by atoms with van der Waals surface area (Å²) < 4.78 is 0.975. The summed E-state index contributed by atoms with van der Waals surface area (Å²) in [7, 11) is 0. The lowest BCUT2D eigenvalue weighted by Gasteiger charge is -2.21. The lowest BCUT2D eigenvalue weighted by atomic mass is 10.0. The van der Waals surface area contributed by atoms with Crippen molar-refractivity contribution in [1.82, 2.24) is 0 Å². The number of fused-ring (bicyclic) bond motifs is 1. The lowest BCUT2D eigenvalue weighted by molar-refractivity contribution is 0.112. The number of benzene rings is 1. The first kappa shape index (κ1) is 11.3. The molecule has 0 N–H and O–H groups in total. The van der Waals surface area contributed by atoms with Crippen molar-refractivity contribution < 1.29 is 4.79 Å². The van der Waals surface area contributed by atoms with E-state index in [0.29, 0.717) is 0 Å². The molecule has 17 heavy (non-hydrogen) atoms. The first-order valence-electron chi connectivity index (χ1n) is 6.27. The van der Waals surface area contributed by atoms with Gasteiger partial charge in [-0.3, -0.25) is 4.79 Å². The van der Waals surface area contributed by atoms with Crippen molar-refractivity contribution in [2.24, 2.45) is 11.8 Å². The highest BCUT2D eigenvalue weighted by Crippen LogP contribution is 2.40. The zero-order valence-electron chi connectivity index (χ0n) is 9.73. The summed E-state index contributed by atoms with van der Waals surface area (Å²) in [5.74, 6) is 1.72. The van der Waals surface area contributed by atoms with E-state index in [-0.39, 0.29) is 0 Å². The van der Waals surface area contributed by atoms with E-state index in [1.54, 1.807) is 0 Å². The molecule has 1 aromatic rings. The maximum Gasteiger partial charge on any atom is 0.152 e. The van der Waals surface area contributed by atoms with E-state index in [0.717, 1.165) is 46.9 Å². The van der Waals surface area contributed by atoms with Gasteiger partial charge in [0.2, 0.25) is 0 Å². The Morgan fingerprint density at radius 2 is 1.94 bits per heavy atom. The van der Waals surface area contributed by atoms with Crippen LogP contribution in [0.3, 0.4) is 0 Å². The molecule has 0 radical (unpaired) electrons. The average Bonchev–Trinajstić information content (AvgIpc) is 2.89. The van der Waals surface area contributed by atoms with Gasteiger partial charge in [0.25, 0.3) is 0 Å². The SMILES string of the molecule is O=Cc1cc(Br)ccc1N1CC2CCCC2C1.